The summed E-state index contributed by atoms with van der Waals surface area (Å²) < 4.78 is 5.20. The molecule has 1 heterocycles. The van der Waals surface area contributed by atoms with Crippen molar-refractivity contribution in [3.8, 4) is 0 Å². The molecule has 0 aromatic heterocycles. The first kappa shape index (κ1) is 8.10. The second-order valence-corrected chi connectivity index (χ2v) is 3.50. The SMILES string of the molecule is OC[C@]1(c2ccc(S)cc2)CO1. The van der Waals surface area contributed by atoms with Gasteiger partial charge in [-0.15, -0.1) is 12.6 Å². The number of hydrogen-bond donors (Lipinski definition) is 2. The minimum Gasteiger partial charge on any atom is -0.393 e. The van der Waals surface area contributed by atoms with Crippen LogP contribution in [-0.4, -0.2) is 18.3 Å². The number of benzene rings is 1. The highest BCUT2D eigenvalue weighted by molar-refractivity contribution is 7.80. The highest BCUT2D eigenvalue weighted by Crippen LogP contribution is 2.38. The van der Waals surface area contributed by atoms with Crippen molar-refractivity contribution in [3.63, 3.8) is 0 Å². The first-order chi connectivity index (χ1) is 5.77. The molecular weight excluding hydrogens is 172 g/mol. The van der Waals surface area contributed by atoms with Gasteiger partial charge in [0, 0.05) is 4.90 Å². The summed E-state index contributed by atoms with van der Waals surface area (Å²) in [7, 11) is 0. The first-order valence-electron chi connectivity index (χ1n) is 3.81. The van der Waals surface area contributed by atoms with E-state index in [1.54, 1.807) is 0 Å². The lowest BCUT2D eigenvalue weighted by atomic mass is 10.0. The van der Waals surface area contributed by atoms with Crippen LogP contribution in [0.4, 0.5) is 0 Å². The number of aliphatic hydroxyl groups excluding tert-OH is 1. The molecule has 1 aliphatic heterocycles. The molecule has 0 unspecified atom stereocenters. The van der Waals surface area contributed by atoms with E-state index in [0.717, 1.165) is 10.5 Å². The molecule has 2 rings (SSSR count). The molecule has 3 heteroatoms. The van der Waals surface area contributed by atoms with Gasteiger partial charge in [0.05, 0.1) is 13.2 Å². The Hall–Kier alpha value is -0.510. The van der Waals surface area contributed by atoms with Gasteiger partial charge in [-0.05, 0) is 17.7 Å². The fourth-order valence-electron chi connectivity index (χ4n) is 1.20. The molecule has 64 valence electrons. The fraction of sp³-hybridized carbons (Fsp3) is 0.333. The summed E-state index contributed by atoms with van der Waals surface area (Å²) in [5.74, 6) is 0. The van der Waals surface area contributed by atoms with Crippen molar-refractivity contribution in [2.24, 2.45) is 0 Å². The highest BCUT2D eigenvalue weighted by atomic mass is 32.1. The number of hydrogen-bond acceptors (Lipinski definition) is 3. The Morgan fingerprint density at radius 2 is 2.00 bits per heavy atom. The number of rotatable bonds is 2. The van der Waals surface area contributed by atoms with Gasteiger partial charge in [-0.2, -0.15) is 0 Å². The first-order valence-corrected chi connectivity index (χ1v) is 4.26. The molecule has 0 saturated carbocycles. The molecule has 1 saturated heterocycles. The minimum absolute atomic E-state index is 0.0545. The van der Waals surface area contributed by atoms with Crippen LogP contribution < -0.4 is 0 Å². The summed E-state index contributed by atoms with van der Waals surface area (Å²) in [4.78, 5) is 0.924. The summed E-state index contributed by atoms with van der Waals surface area (Å²) in [5, 5.41) is 9.04. The summed E-state index contributed by atoms with van der Waals surface area (Å²) in [6.45, 7) is 0.675. The Morgan fingerprint density at radius 1 is 1.42 bits per heavy atom. The lowest BCUT2D eigenvalue weighted by Gasteiger charge is -2.07. The van der Waals surface area contributed by atoms with E-state index in [0.29, 0.717) is 6.61 Å². The average molecular weight is 182 g/mol. The molecule has 1 atom stereocenters. The van der Waals surface area contributed by atoms with Crippen LogP contribution in [-0.2, 0) is 10.3 Å². The Morgan fingerprint density at radius 3 is 2.42 bits per heavy atom. The van der Waals surface area contributed by atoms with E-state index in [4.69, 9.17) is 9.84 Å². The maximum Gasteiger partial charge on any atom is 0.139 e. The van der Waals surface area contributed by atoms with Gasteiger partial charge in [-0.3, -0.25) is 0 Å². The number of aliphatic hydroxyl groups is 1. The van der Waals surface area contributed by atoms with Crippen molar-refractivity contribution >= 4 is 12.6 Å². The Bertz CT molecular complexity index is 277. The smallest absolute Gasteiger partial charge is 0.139 e. The van der Waals surface area contributed by atoms with Crippen molar-refractivity contribution in [3.05, 3.63) is 29.8 Å². The van der Waals surface area contributed by atoms with Crippen molar-refractivity contribution in [2.45, 2.75) is 10.5 Å². The van der Waals surface area contributed by atoms with Crippen LogP contribution in [0.25, 0.3) is 0 Å². The van der Waals surface area contributed by atoms with E-state index in [-0.39, 0.29) is 6.61 Å². The van der Waals surface area contributed by atoms with Gasteiger partial charge in [0.15, 0.2) is 0 Å². The highest BCUT2D eigenvalue weighted by Gasteiger charge is 2.45. The van der Waals surface area contributed by atoms with Crippen LogP contribution in [0, 0.1) is 0 Å². The third-order valence-electron chi connectivity index (χ3n) is 2.14. The van der Waals surface area contributed by atoms with Gasteiger partial charge < -0.3 is 9.84 Å². The van der Waals surface area contributed by atoms with Gasteiger partial charge >= 0.3 is 0 Å². The number of epoxide rings is 1. The molecule has 0 aliphatic carbocycles. The Labute approximate surface area is 76.6 Å². The monoisotopic (exact) mass is 182 g/mol. The molecule has 2 nitrogen and oxygen atoms in total. The molecule has 1 aromatic carbocycles. The molecule has 0 amide bonds. The normalized spacial score (nSPS) is 27.2. The number of thiol groups is 1. The van der Waals surface area contributed by atoms with Gasteiger partial charge in [0.1, 0.15) is 5.60 Å². The molecule has 1 N–H and O–H groups in total. The Kier molecular flexibility index (Phi) is 1.87. The Balaban J connectivity index is 2.29. The van der Waals surface area contributed by atoms with E-state index in [1.807, 2.05) is 24.3 Å². The lowest BCUT2D eigenvalue weighted by molar-refractivity contribution is 0.172. The molecule has 0 spiro atoms. The predicted molar refractivity (Wildman–Crippen MR) is 48.4 cm³/mol. The minimum atomic E-state index is -0.401. The van der Waals surface area contributed by atoms with Gasteiger partial charge in [0.25, 0.3) is 0 Å². The van der Waals surface area contributed by atoms with Crippen LogP contribution in [0.3, 0.4) is 0 Å². The number of ether oxygens (including phenoxy) is 1. The van der Waals surface area contributed by atoms with E-state index in [1.165, 1.54) is 0 Å². The molecule has 1 fully saturated rings. The third-order valence-corrected chi connectivity index (χ3v) is 2.44. The topological polar surface area (TPSA) is 32.8 Å². The van der Waals surface area contributed by atoms with E-state index < -0.39 is 5.60 Å². The van der Waals surface area contributed by atoms with Crippen molar-refractivity contribution < 1.29 is 9.84 Å². The van der Waals surface area contributed by atoms with Gasteiger partial charge in [-0.1, -0.05) is 12.1 Å². The fourth-order valence-corrected chi connectivity index (χ4v) is 1.35. The molecule has 0 radical (unpaired) electrons. The van der Waals surface area contributed by atoms with Crippen molar-refractivity contribution in [1.29, 1.82) is 0 Å². The second kappa shape index (κ2) is 2.76. The van der Waals surface area contributed by atoms with Crippen molar-refractivity contribution in [2.75, 3.05) is 13.2 Å². The molecular formula is C9H10O2S. The molecule has 0 bridgehead atoms. The van der Waals surface area contributed by atoms with Gasteiger partial charge in [-0.25, -0.2) is 0 Å². The second-order valence-electron chi connectivity index (χ2n) is 2.99. The maximum absolute atomic E-state index is 9.04. The molecule has 1 aromatic rings. The van der Waals surface area contributed by atoms with Crippen LogP contribution >= 0.6 is 12.6 Å². The summed E-state index contributed by atoms with van der Waals surface area (Å²) in [5.41, 5.74) is 0.629. The quantitative estimate of drug-likeness (QED) is 0.532. The molecule has 12 heavy (non-hydrogen) atoms. The zero-order valence-corrected chi connectivity index (χ0v) is 7.42. The van der Waals surface area contributed by atoms with Crippen LogP contribution in [0.5, 0.6) is 0 Å². The van der Waals surface area contributed by atoms with E-state index in [9.17, 15) is 0 Å². The van der Waals surface area contributed by atoms with Crippen LogP contribution in [0.15, 0.2) is 29.2 Å². The summed E-state index contributed by atoms with van der Waals surface area (Å²) >= 11 is 4.17. The molecule has 1 aliphatic rings. The van der Waals surface area contributed by atoms with Crippen LogP contribution in [0.1, 0.15) is 5.56 Å². The average Bonchev–Trinajstić information content (AvgIpc) is 2.86. The zero-order chi connectivity index (χ0) is 8.60. The summed E-state index contributed by atoms with van der Waals surface area (Å²) in [6.07, 6.45) is 0. The lowest BCUT2D eigenvalue weighted by Crippen LogP contribution is -2.13. The zero-order valence-electron chi connectivity index (χ0n) is 6.53. The van der Waals surface area contributed by atoms with E-state index in [2.05, 4.69) is 12.6 Å². The standard InChI is InChI=1S/C9H10O2S/c10-5-9(6-11-9)7-1-3-8(12)4-2-7/h1-4,10,12H,5-6H2/t9-/m1/s1. The van der Waals surface area contributed by atoms with Crippen LogP contribution in [0.2, 0.25) is 0 Å². The summed E-state index contributed by atoms with van der Waals surface area (Å²) in [6, 6.07) is 7.67. The van der Waals surface area contributed by atoms with Gasteiger partial charge in [0.2, 0.25) is 0 Å². The largest absolute Gasteiger partial charge is 0.393 e. The predicted octanol–water partition coefficient (Wildman–Crippen LogP) is 1.19. The third kappa shape index (κ3) is 1.24. The maximum atomic E-state index is 9.04. The van der Waals surface area contributed by atoms with E-state index >= 15 is 0 Å². The van der Waals surface area contributed by atoms with Crippen molar-refractivity contribution in [1.82, 2.24) is 0 Å².